The van der Waals surface area contributed by atoms with Crippen LogP contribution in [0.25, 0.3) is 0 Å². The molecule has 250 valence electrons. The molecular weight excluding hydrogens is 556 g/mol. The molecule has 0 bridgehead atoms. The van der Waals surface area contributed by atoms with Crippen LogP contribution in [0.2, 0.25) is 0 Å². The maximum Gasteiger partial charge on any atom is 0.332 e. The van der Waals surface area contributed by atoms with Gasteiger partial charge in [0.25, 0.3) is 0 Å². The van der Waals surface area contributed by atoms with E-state index in [1.807, 2.05) is 41.5 Å². The summed E-state index contributed by atoms with van der Waals surface area (Å²) < 4.78 is 58.9. The molecule has 0 unspecified atom stereocenters. The summed E-state index contributed by atoms with van der Waals surface area (Å²) in [5, 5.41) is 0. The van der Waals surface area contributed by atoms with Crippen molar-refractivity contribution in [1.82, 2.24) is 0 Å². The van der Waals surface area contributed by atoms with Crippen LogP contribution in [0.5, 0.6) is 0 Å². The molecule has 0 saturated carbocycles. The van der Waals surface area contributed by atoms with Crippen LogP contribution in [0, 0.1) is 0 Å². The average Bonchev–Trinajstić information content (AvgIpc) is 2.88. The Labute approximate surface area is 252 Å². The van der Waals surface area contributed by atoms with Gasteiger partial charge in [0.15, 0.2) is 0 Å². The normalized spacial score (nSPS) is 12.0. The molecule has 0 aliphatic carbocycles. The fourth-order valence-electron chi connectivity index (χ4n) is 2.83. The van der Waals surface area contributed by atoms with Gasteiger partial charge in [-0.15, -0.1) is 0 Å². The predicted molar refractivity (Wildman–Crippen MR) is 154 cm³/mol. The van der Waals surface area contributed by atoms with Crippen LogP contribution in [0.1, 0.15) is 48.0 Å². The first-order valence-corrected chi connectivity index (χ1v) is 14.6. The van der Waals surface area contributed by atoms with E-state index in [0.29, 0.717) is 112 Å². The Morgan fingerprint density at radius 1 is 0.357 bits per heavy atom. The number of hydrogen-bond donors (Lipinski definition) is 0. The number of carbonyl (C=O) groups is 2. The minimum Gasteiger partial charge on any atom is -0.460 e. The van der Waals surface area contributed by atoms with Crippen molar-refractivity contribution < 1.29 is 61.7 Å². The van der Waals surface area contributed by atoms with Crippen molar-refractivity contribution in [2.45, 2.75) is 59.2 Å². The van der Waals surface area contributed by atoms with Crippen LogP contribution in [0.3, 0.4) is 0 Å². The van der Waals surface area contributed by atoms with Gasteiger partial charge in [-0.05, 0) is 41.5 Å². The highest BCUT2D eigenvalue weighted by molar-refractivity contribution is 5.71. The third-order valence-corrected chi connectivity index (χ3v) is 4.49. The van der Waals surface area contributed by atoms with Crippen molar-refractivity contribution in [3.63, 3.8) is 0 Å². The van der Waals surface area contributed by atoms with Crippen molar-refractivity contribution in [2.75, 3.05) is 119 Å². The van der Waals surface area contributed by atoms with E-state index in [-0.39, 0.29) is 25.0 Å². The van der Waals surface area contributed by atoms with Crippen LogP contribution >= 0.6 is 0 Å². The summed E-state index contributed by atoms with van der Waals surface area (Å²) in [7, 11) is 0. The largest absolute Gasteiger partial charge is 0.460 e. The molecular formula is C29H56O13. The Hall–Kier alpha value is -1.42. The fraction of sp³-hybridized carbons (Fsp3) is 0.931. The molecule has 42 heavy (non-hydrogen) atoms. The Morgan fingerprint density at radius 2 is 0.595 bits per heavy atom. The van der Waals surface area contributed by atoms with Gasteiger partial charge < -0.3 is 52.1 Å². The maximum atomic E-state index is 11.5. The quantitative estimate of drug-likeness (QED) is 0.0903. The highest BCUT2D eigenvalue weighted by Crippen LogP contribution is 2.08. The van der Waals surface area contributed by atoms with Crippen LogP contribution in [-0.4, -0.2) is 142 Å². The molecule has 0 aliphatic heterocycles. The summed E-state index contributed by atoms with van der Waals surface area (Å²) in [6, 6.07) is 0. The lowest BCUT2D eigenvalue weighted by molar-refractivity contribution is -0.161. The second-order valence-electron chi connectivity index (χ2n) is 10.9. The summed E-state index contributed by atoms with van der Waals surface area (Å²) in [6.07, 6.45) is 0.229. The van der Waals surface area contributed by atoms with E-state index in [2.05, 4.69) is 0 Å². The molecule has 0 spiro atoms. The van der Waals surface area contributed by atoms with E-state index in [4.69, 9.17) is 52.1 Å². The topological polar surface area (TPSA) is 136 Å². The molecule has 0 amide bonds. The zero-order valence-electron chi connectivity index (χ0n) is 26.7. The zero-order valence-corrected chi connectivity index (χ0v) is 26.7. The first-order chi connectivity index (χ1) is 20.0. The monoisotopic (exact) mass is 612 g/mol. The van der Waals surface area contributed by atoms with Gasteiger partial charge in [-0.2, -0.15) is 0 Å². The third kappa shape index (κ3) is 34.8. The number of ether oxygens (including phenoxy) is 11. The van der Waals surface area contributed by atoms with Crippen molar-refractivity contribution >= 4 is 11.9 Å². The van der Waals surface area contributed by atoms with E-state index in [1.165, 1.54) is 0 Å². The summed E-state index contributed by atoms with van der Waals surface area (Å²) in [5.74, 6) is -0.658. The smallest absolute Gasteiger partial charge is 0.332 e. The highest BCUT2D eigenvalue weighted by Gasteiger charge is 2.16. The minimum atomic E-state index is -0.512. The summed E-state index contributed by atoms with van der Waals surface area (Å²) in [6.45, 7) is 18.4. The van der Waals surface area contributed by atoms with Gasteiger partial charge in [-0.25, -0.2) is 4.79 Å². The number of rotatable bonds is 29. The molecule has 0 aliphatic rings. The Kier molecular flexibility index (Phi) is 26.2. The van der Waals surface area contributed by atoms with E-state index >= 15 is 0 Å². The van der Waals surface area contributed by atoms with E-state index in [0.717, 1.165) is 0 Å². The number of hydrogen-bond acceptors (Lipinski definition) is 13. The van der Waals surface area contributed by atoms with E-state index < -0.39 is 11.2 Å². The zero-order chi connectivity index (χ0) is 31.4. The lowest BCUT2D eigenvalue weighted by Gasteiger charge is -2.19. The fourth-order valence-corrected chi connectivity index (χ4v) is 2.83. The Morgan fingerprint density at radius 3 is 0.881 bits per heavy atom. The minimum absolute atomic E-state index is 0.0858. The van der Waals surface area contributed by atoms with Gasteiger partial charge in [-0.3, -0.25) is 4.79 Å². The van der Waals surface area contributed by atoms with Gasteiger partial charge in [0.2, 0.25) is 0 Å². The average molecular weight is 613 g/mol. The van der Waals surface area contributed by atoms with Gasteiger partial charge >= 0.3 is 11.9 Å². The Bertz CT molecular complexity index is 578. The predicted octanol–water partition coefficient (Wildman–Crippen LogP) is 2.21. The standard InChI is InChI=1S/C29H56O13/c1-28(2,3)41-26(30)7-8-32-9-10-33-11-12-34-13-14-35-15-16-36-17-18-37-19-20-38-21-22-39-23-24-40-25-27(31)42-29(4,5)6/h7-25H2,1-6H3. The first-order valence-electron chi connectivity index (χ1n) is 14.6. The van der Waals surface area contributed by atoms with Gasteiger partial charge in [-0.1, -0.05) is 0 Å². The molecule has 0 heterocycles. The molecule has 0 rings (SSSR count). The van der Waals surface area contributed by atoms with Gasteiger partial charge in [0.1, 0.15) is 17.8 Å². The van der Waals surface area contributed by atoms with Crippen molar-refractivity contribution in [3.8, 4) is 0 Å². The van der Waals surface area contributed by atoms with Crippen LogP contribution in [-0.2, 0) is 61.7 Å². The maximum absolute atomic E-state index is 11.5. The third-order valence-electron chi connectivity index (χ3n) is 4.49. The lowest BCUT2D eigenvalue weighted by Crippen LogP contribution is -2.27. The van der Waals surface area contributed by atoms with Crippen molar-refractivity contribution in [2.24, 2.45) is 0 Å². The van der Waals surface area contributed by atoms with Crippen LogP contribution in [0.15, 0.2) is 0 Å². The first kappa shape index (κ1) is 40.6. The van der Waals surface area contributed by atoms with Gasteiger partial charge in [0, 0.05) is 0 Å². The molecule has 0 saturated heterocycles. The summed E-state index contributed by atoms with van der Waals surface area (Å²) in [5.41, 5.74) is -0.988. The second kappa shape index (κ2) is 27.2. The molecule has 0 N–H and O–H groups in total. The van der Waals surface area contributed by atoms with Crippen LogP contribution in [0.4, 0.5) is 0 Å². The Balaban J connectivity index is 3.16. The molecule has 13 nitrogen and oxygen atoms in total. The molecule has 0 aromatic heterocycles. The van der Waals surface area contributed by atoms with E-state index in [1.54, 1.807) is 0 Å². The highest BCUT2D eigenvalue weighted by atomic mass is 16.6. The molecule has 13 heteroatoms. The van der Waals surface area contributed by atoms with Crippen molar-refractivity contribution in [3.05, 3.63) is 0 Å². The van der Waals surface area contributed by atoms with Crippen LogP contribution < -0.4 is 0 Å². The lowest BCUT2D eigenvalue weighted by atomic mass is 10.2. The number of carbonyl (C=O) groups excluding carboxylic acids is 2. The molecule has 0 aromatic rings. The second-order valence-corrected chi connectivity index (χ2v) is 10.9. The summed E-state index contributed by atoms with van der Waals surface area (Å²) in [4.78, 5) is 23.0. The summed E-state index contributed by atoms with van der Waals surface area (Å²) >= 11 is 0. The molecule has 0 radical (unpaired) electrons. The number of esters is 2. The van der Waals surface area contributed by atoms with Gasteiger partial charge in [0.05, 0.1) is 119 Å². The molecule has 0 atom stereocenters. The SMILES string of the molecule is CC(C)(C)OC(=O)CCOCCOCCOCCOCCOCCOCCOCCOCCOCC(=O)OC(C)(C)C. The van der Waals surface area contributed by atoms with E-state index in [9.17, 15) is 9.59 Å². The molecule has 0 aromatic carbocycles. The molecule has 0 fully saturated rings. The van der Waals surface area contributed by atoms with Crippen molar-refractivity contribution in [1.29, 1.82) is 0 Å².